The normalized spacial score (nSPS) is 14.6. The molecule has 0 heterocycles. The molecule has 0 saturated heterocycles. The van der Waals surface area contributed by atoms with Crippen LogP contribution in [0.1, 0.15) is 79.6 Å². The molecule has 2 aromatic carbocycles. The molecule has 2 fully saturated rings. The number of thiol groups is 1. The first-order chi connectivity index (χ1) is 18.2. The van der Waals surface area contributed by atoms with Crippen molar-refractivity contribution in [2.24, 2.45) is 17.8 Å². The Hall–Kier alpha value is -1.87. The molecule has 2 aliphatic rings. The maximum Gasteiger partial charge on any atom is 0.0372 e. The Kier molecular flexibility index (Phi) is 17.2. The highest BCUT2D eigenvalue weighted by molar-refractivity contribution is 7.79. The molecule has 3 heteroatoms. The van der Waals surface area contributed by atoms with E-state index in [9.17, 15) is 0 Å². The van der Waals surface area contributed by atoms with Gasteiger partial charge in [0, 0.05) is 37.6 Å². The molecule has 2 nitrogen and oxygen atoms in total. The van der Waals surface area contributed by atoms with Crippen molar-refractivity contribution in [3.8, 4) is 11.1 Å². The second-order valence-electron chi connectivity index (χ2n) is 10.2. The van der Waals surface area contributed by atoms with E-state index in [1.54, 1.807) is 6.26 Å². The van der Waals surface area contributed by atoms with Gasteiger partial charge in [-0.25, -0.2) is 0 Å². The Morgan fingerprint density at radius 3 is 1.70 bits per heavy atom. The fraction of sp³-hybridized carbons (Fsp3) is 0.588. The lowest BCUT2D eigenvalue weighted by molar-refractivity contribution is 0.535. The third-order valence-corrected chi connectivity index (χ3v) is 7.12. The fourth-order valence-electron chi connectivity index (χ4n) is 4.45. The van der Waals surface area contributed by atoms with Crippen LogP contribution in [0.3, 0.4) is 0 Å². The minimum Gasteiger partial charge on any atom is -0.371 e. The van der Waals surface area contributed by atoms with Gasteiger partial charge in [0.1, 0.15) is 0 Å². The number of anilines is 2. The van der Waals surface area contributed by atoms with Crippen molar-refractivity contribution in [3.05, 3.63) is 61.7 Å². The summed E-state index contributed by atoms with van der Waals surface area (Å²) in [6.45, 7) is 21.8. The predicted molar refractivity (Wildman–Crippen MR) is 174 cm³/mol. The first-order valence-electron chi connectivity index (χ1n) is 14.8. The molecule has 1 atom stereocenters. The highest BCUT2D eigenvalue weighted by atomic mass is 32.1. The standard InChI is InChI=1S/C29H42N2.C2H6.C2H4.CH4S/c1-4-6-17-30(21-24-13-14-24)28-11-7-9-26(18-28)27-10-8-12-29(19-27)31(20-23(3)5-2)22-25-15-16-25;3*1-2/h7-12,18-19,23-25H,4-6,13-17,20-22H2,1-3H3;1-2H3;1-2H2;2H,1H3. The summed E-state index contributed by atoms with van der Waals surface area (Å²) >= 11 is 3.53. The van der Waals surface area contributed by atoms with Gasteiger partial charge in [-0.1, -0.05) is 71.7 Å². The maximum atomic E-state index is 3.53. The van der Waals surface area contributed by atoms with E-state index in [0.717, 1.165) is 17.8 Å². The average molecular weight is 525 g/mol. The van der Waals surface area contributed by atoms with Crippen LogP contribution in [0, 0.1) is 17.8 Å². The Bertz CT molecular complexity index is 843. The molecule has 2 saturated carbocycles. The number of hydrogen-bond acceptors (Lipinski definition) is 3. The van der Waals surface area contributed by atoms with Crippen molar-refractivity contribution in [2.75, 3.05) is 42.2 Å². The molecule has 0 amide bonds. The molecule has 0 spiro atoms. The SMILES string of the molecule is C=C.CC.CCCCN(CC1CC1)c1cccc(-c2cccc(N(CC(C)CC)CC3CC3)c2)c1.CS. The summed E-state index contributed by atoms with van der Waals surface area (Å²) < 4.78 is 0. The van der Waals surface area contributed by atoms with E-state index >= 15 is 0 Å². The first-order valence-corrected chi connectivity index (χ1v) is 15.7. The molecule has 4 rings (SSSR count). The smallest absolute Gasteiger partial charge is 0.0372 e. The zero-order valence-corrected chi connectivity index (χ0v) is 25.8. The van der Waals surface area contributed by atoms with E-state index in [4.69, 9.17) is 0 Å². The van der Waals surface area contributed by atoms with Gasteiger partial charge in [0.2, 0.25) is 0 Å². The fourth-order valence-corrected chi connectivity index (χ4v) is 4.45. The molecule has 0 radical (unpaired) electrons. The molecular formula is C34H56N2S. The van der Waals surface area contributed by atoms with Crippen LogP contribution < -0.4 is 9.80 Å². The van der Waals surface area contributed by atoms with Crippen LogP contribution in [0.25, 0.3) is 11.1 Å². The van der Waals surface area contributed by atoms with Crippen molar-refractivity contribution in [2.45, 2.75) is 79.6 Å². The molecule has 0 aromatic heterocycles. The maximum absolute atomic E-state index is 3.53. The van der Waals surface area contributed by atoms with Crippen LogP contribution in [0.5, 0.6) is 0 Å². The molecule has 2 aliphatic carbocycles. The topological polar surface area (TPSA) is 6.48 Å². The van der Waals surface area contributed by atoms with E-state index in [1.165, 1.54) is 93.6 Å². The number of benzene rings is 2. The van der Waals surface area contributed by atoms with Gasteiger partial charge >= 0.3 is 0 Å². The van der Waals surface area contributed by atoms with Crippen LogP contribution in [0.15, 0.2) is 61.7 Å². The van der Waals surface area contributed by atoms with Crippen LogP contribution in [-0.2, 0) is 0 Å². The molecule has 0 bridgehead atoms. The van der Waals surface area contributed by atoms with Crippen molar-refractivity contribution in [3.63, 3.8) is 0 Å². The minimum atomic E-state index is 0.736. The summed E-state index contributed by atoms with van der Waals surface area (Å²) in [5.41, 5.74) is 5.51. The summed E-state index contributed by atoms with van der Waals surface area (Å²) in [6, 6.07) is 18.6. The van der Waals surface area contributed by atoms with Gasteiger partial charge < -0.3 is 9.80 Å². The quantitative estimate of drug-likeness (QED) is 0.206. The van der Waals surface area contributed by atoms with E-state index in [1.807, 2.05) is 13.8 Å². The second-order valence-corrected chi connectivity index (χ2v) is 10.2. The summed E-state index contributed by atoms with van der Waals surface area (Å²) in [5.74, 6) is 2.56. The van der Waals surface area contributed by atoms with Gasteiger partial charge in [-0.2, -0.15) is 12.6 Å². The zero-order chi connectivity index (χ0) is 27.6. The second kappa shape index (κ2) is 19.2. The van der Waals surface area contributed by atoms with Gasteiger partial charge in [0.25, 0.3) is 0 Å². The van der Waals surface area contributed by atoms with Crippen molar-refractivity contribution < 1.29 is 0 Å². The number of unbranched alkanes of at least 4 members (excludes halogenated alkanes) is 1. The number of hydrogen-bond donors (Lipinski definition) is 1. The Balaban J connectivity index is 0.00000106. The lowest BCUT2D eigenvalue weighted by Crippen LogP contribution is -2.30. The van der Waals surface area contributed by atoms with Crippen LogP contribution in [-0.4, -0.2) is 32.4 Å². The van der Waals surface area contributed by atoms with Crippen LogP contribution in [0.4, 0.5) is 11.4 Å². The third kappa shape index (κ3) is 12.0. The number of rotatable bonds is 13. The summed E-state index contributed by atoms with van der Waals surface area (Å²) in [4.78, 5) is 5.29. The molecule has 37 heavy (non-hydrogen) atoms. The van der Waals surface area contributed by atoms with E-state index < -0.39 is 0 Å². The van der Waals surface area contributed by atoms with Crippen molar-refractivity contribution >= 4 is 24.0 Å². The van der Waals surface area contributed by atoms with E-state index in [-0.39, 0.29) is 0 Å². The van der Waals surface area contributed by atoms with Gasteiger partial charge in [0.15, 0.2) is 0 Å². The third-order valence-electron chi connectivity index (χ3n) is 7.12. The van der Waals surface area contributed by atoms with Gasteiger partial charge in [0.05, 0.1) is 0 Å². The summed E-state index contributed by atoms with van der Waals surface area (Å²) in [6.07, 6.45) is 11.1. The lowest BCUT2D eigenvalue weighted by atomic mass is 10.0. The zero-order valence-electron chi connectivity index (χ0n) is 24.9. The molecule has 0 N–H and O–H groups in total. The Morgan fingerprint density at radius 1 is 0.811 bits per heavy atom. The Morgan fingerprint density at radius 2 is 1.27 bits per heavy atom. The molecule has 208 valence electrons. The largest absolute Gasteiger partial charge is 0.371 e. The summed E-state index contributed by atoms with van der Waals surface area (Å²) in [7, 11) is 0. The molecular weight excluding hydrogens is 468 g/mol. The molecule has 0 aliphatic heterocycles. The first kappa shape index (κ1) is 33.2. The van der Waals surface area contributed by atoms with Crippen LogP contribution >= 0.6 is 12.6 Å². The average Bonchev–Trinajstić information content (AvgIpc) is 3.91. The van der Waals surface area contributed by atoms with Crippen molar-refractivity contribution in [1.29, 1.82) is 0 Å². The minimum absolute atomic E-state index is 0.736. The van der Waals surface area contributed by atoms with E-state index in [0.29, 0.717) is 0 Å². The van der Waals surface area contributed by atoms with Crippen molar-refractivity contribution in [1.82, 2.24) is 0 Å². The molecule has 1 unspecified atom stereocenters. The lowest BCUT2D eigenvalue weighted by Gasteiger charge is -2.28. The highest BCUT2D eigenvalue weighted by Gasteiger charge is 2.26. The van der Waals surface area contributed by atoms with Crippen LogP contribution in [0.2, 0.25) is 0 Å². The van der Waals surface area contributed by atoms with Gasteiger partial charge in [-0.05, 0) is 91.5 Å². The van der Waals surface area contributed by atoms with Gasteiger partial charge in [-0.15, -0.1) is 13.2 Å². The summed E-state index contributed by atoms with van der Waals surface area (Å²) in [5, 5.41) is 0. The monoisotopic (exact) mass is 524 g/mol. The van der Waals surface area contributed by atoms with E-state index in [2.05, 4.69) is 105 Å². The highest BCUT2D eigenvalue weighted by Crippen LogP contribution is 2.35. The number of nitrogens with zero attached hydrogens (tertiary/aromatic N) is 2. The van der Waals surface area contributed by atoms with Gasteiger partial charge in [-0.3, -0.25) is 0 Å². The molecule has 2 aromatic rings. The predicted octanol–water partition coefficient (Wildman–Crippen LogP) is 10.0. The Labute approximate surface area is 236 Å².